The summed E-state index contributed by atoms with van der Waals surface area (Å²) >= 11 is 0. The molecule has 0 aliphatic rings. The van der Waals surface area contributed by atoms with E-state index in [-0.39, 0.29) is 23.0 Å². The molecular weight excluding hydrogens is 372 g/mol. The van der Waals surface area contributed by atoms with Gasteiger partial charge in [0.25, 0.3) is 0 Å². The van der Waals surface area contributed by atoms with E-state index in [1.165, 1.54) is 0 Å². The number of hydrogen-bond donors (Lipinski definition) is 3. The molecule has 3 heterocycles. The van der Waals surface area contributed by atoms with Crippen molar-refractivity contribution in [2.24, 2.45) is 10.2 Å². The summed E-state index contributed by atoms with van der Waals surface area (Å²) in [7, 11) is 0. The van der Waals surface area contributed by atoms with E-state index in [2.05, 4.69) is 40.8 Å². The monoisotopic (exact) mass is 386 g/mol. The molecule has 0 radical (unpaired) electrons. The lowest BCUT2D eigenvalue weighted by atomic mass is 10.2. The van der Waals surface area contributed by atoms with E-state index >= 15 is 0 Å². The van der Waals surface area contributed by atoms with E-state index in [4.69, 9.17) is 4.63 Å². The van der Waals surface area contributed by atoms with E-state index in [9.17, 15) is 5.11 Å². The average molecular weight is 386 g/mol. The second kappa shape index (κ2) is 6.68. The van der Waals surface area contributed by atoms with Crippen LogP contribution in [0.2, 0.25) is 0 Å². The lowest BCUT2D eigenvalue weighted by molar-refractivity contribution is 0.314. The maximum absolute atomic E-state index is 10.2. The van der Waals surface area contributed by atoms with Crippen molar-refractivity contribution in [1.82, 2.24) is 25.3 Å². The summed E-state index contributed by atoms with van der Waals surface area (Å²) in [5.41, 5.74) is 3.44. The van der Waals surface area contributed by atoms with Gasteiger partial charge in [0.15, 0.2) is 11.5 Å². The fourth-order valence-electron chi connectivity index (χ4n) is 2.87. The second-order valence-electron chi connectivity index (χ2n) is 6.37. The van der Waals surface area contributed by atoms with Gasteiger partial charge in [-0.05, 0) is 35.4 Å². The molecule has 0 bridgehead atoms. The van der Waals surface area contributed by atoms with Crippen molar-refractivity contribution in [2.75, 3.05) is 5.32 Å². The van der Waals surface area contributed by atoms with Gasteiger partial charge in [0.05, 0.1) is 5.52 Å². The van der Waals surface area contributed by atoms with Crippen LogP contribution in [-0.4, -0.2) is 30.4 Å². The first-order valence-corrected chi connectivity index (χ1v) is 8.73. The van der Waals surface area contributed by atoms with Crippen LogP contribution in [0.4, 0.5) is 23.0 Å². The normalized spacial score (nSPS) is 11.6. The van der Waals surface area contributed by atoms with Crippen molar-refractivity contribution in [3.8, 4) is 5.88 Å². The zero-order chi connectivity index (χ0) is 19.8. The minimum Gasteiger partial charge on any atom is -0.493 e. The molecule has 5 aromatic rings. The Bertz CT molecular complexity index is 1350. The molecule has 3 N–H and O–H groups in total. The highest BCUT2D eigenvalue weighted by Gasteiger charge is 2.14. The van der Waals surface area contributed by atoms with Gasteiger partial charge in [-0.15, -0.1) is 10.2 Å². The first-order valence-electron chi connectivity index (χ1n) is 8.73. The van der Waals surface area contributed by atoms with Crippen LogP contribution in [0.1, 0.15) is 5.56 Å². The Morgan fingerprint density at radius 2 is 1.72 bits per heavy atom. The van der Waals surface area contributed by atoms with E-state index in [0.29, 0.717) is 11.5 Å². The van der Waals surface area contributed by atoms with Crippen LogP contribution in [0.25, 0.3) is 22.2 Å². The lowest BCUT2D eigenvalue weighted by Crippen LogP contribution is -1.96. The van der Waals surface area contributed by atoms with Crippen molar-refractivity contribution in [3.63, 3.8) is 0 Å². The maximum Gasteiger partial charge on any atom is 0.245 e. The number of aromatic nitrogens is 5. The molecule has 5 rings (SSSR count). The van der Waals surface area contributed by atoms with E-state index in [1.54, 1.807) is 0 Å². The van der Waals surface area contributed by atoms with Crippen molar-refractivity contribution in [1.29, 1.82) is 0 Å². The molecule has 0 saturated carbocycles. The highest BCUT2D eigenvalue weighted by Crippen LogP contribution is 2.37. The zero-order valence-corrected chi connectivity index (χ0v) is 15.2. The number of azo groups is 1. The number of aryl methyl sites for hydroxylation is 1. The van der Waals surface area contributed by atoms with Gasteiger partial charge in [-0.3, -0.25) is 0 Å². The van der Waals surface area contributed by atoms with Crippen LogP contribution < -0.4 is 5.32 Å². The molecule has 10 nitrogen and oxygen atoms in total. The van der Waals surface area contributed by atoms with Crippen LogP contribution >= 0.6 is 0 Å². The third-order valence-corrected chi connectivity index (χ3v) is 4.31. The van der Waals surface area contributed by atoms with Gasteiger partial charge in [0.1, 0.15) is 0 Å². The van der Waals surface area contributed by atoms with Gasteiger partial charge >= 0.3 is 0 Å². The molecule has 3 aromatic heterocycles. The molecule has 0 spiro atoms. The number of para-hydroxylation sites is 1. The summed E-state index contributed by atoms with van der Waals surface area (Å²) in [6.07, 6.45) is 0. The van der Waals surface area contributed by atoms with Crippen LogP contribution in [0.3, 0.4) is 0 Å². The number of anilines is 2. The van der Waals surface area contributed by atoms with Gasteiger partial charge in [0.2, 0.25) is 23.0 Å². The van der Waals surface area contributed by atoms with Crippen LogP contribution in [0.15, 0.2) is 63.4 Å². The predicted octanol–water partition coefficient (Wildman–Crippen LogP) is 4.67. The molecule has 142 valence electrons. The summed E-state index contributed by atoms with van der Waals surface area (Å²) in [6, 6.07) is 15.1. The summed E-state index contributed by atoms with van der Waals surface area (Å²) in [5, 5.41) is 29.9. The SMILES string of the molecule is Cc1ccc(Nc2nc3nonc3nc2N=Nc2c(O)[nH]c3ccccc23)cc1. The first-order chi connectivity index (χ1) is 14.2. The summed E-state index contributed by atoms with van der Waals surface area (Å²) in [5.74, 6) is 0.429. The van der Waals surface area contributed by atoms with Crippen LogP contribution in [0, 0.1) is 6.92 Å². The Labute approximate surface area is 163 Å². The fraction of sp³-hybridized carbons (Fsp3) is 0.0526. The Morgan fingerprint density at radius 1 is 0.966 bits per heavy atom. The fourth-order valence-corrected chi connectivity index (χ4v) is 2.87. The molecule has 0 aliphatic carbocycles. The molecule has 0 unspecified atom stereocenters. The van der Waals surface area contributed by atoms with Crippen molar-refractivity contribution < 1.29 is 9.74 Å². The minimum absolute atomic E-state index is 0.0832. The number of rotatable bonds is 4. The molecule has 29 heavy (non-hydrogen) atoms. The van der Waals surface area contributed by atoms with Gasteiger partial charge in [-0.2, -0.15) is 4.98 Å². The quantitative estimate of drug-likeness (QED) is 0.382. The number of nitrogens with zero attached hydrogens (tertiary/aromatic N) is 6. The van der Waals surface area contributed by atoms with Crippen molar-refractivity contribution >= 4 is 45.2 Å². The Hall–Kier alpha value is -4.34. The number of aromatic hydroxyl groups is 1. The number of aromatic amines is 1. The van der Waals surface area contributed by atoms with Gasteiger partial charge in [0, 0.05) is 11.1 Å². The number of benzene rings is 2. The van der Waals surface area contributed by atoms with Gasteiger partial charge in [-0.1, -0.05) is 35.9 Å². The van der Waals surface area contributed by atoms with Crippen LogP contribution in [0.5, 0.6) is 5.88 Å². The van der Waals surface area contributed by atoms with E-state index in [1.807, 2.05) is 55.5 Å². The Balaban J connectivity index is 1.58. The Morgan fingerprint density at radius 3 is 2.55 bits per heavy atom. The smallest absolute Gasteiger partial charge is 0.245 e. The third-order valence-electron chi connectivity index (χ3n) is 4.31. The Kier molecular flexibility index (Phi) is 3.87. The van der Waals surface area contributed by atoms with Crippen LogP contribution in [-0.2, 0) is 0 Å². The van der Waals surface area contributed by atoms with E-state index in [0.717, 1.165) is 22.2 Å². The zero-order valence-electron chi connectivity index (χ0n) is 15.2. The number of fused-ring (bicyclic) bond motifs is 2. The van der Waals surface area contributed by atoms with Crippen molar-refractivity contribution in [2.45, 2.75) is 6.92 Å². The first kappa shape index (κ1) is 16.8. The lowest BCUT2D eigenvalue weighted by Gasteiger charge is -2.07. The predicted molar refractivity (Wildman–Crippen MR) is 106 cm³/mol. The molecule has 0 amide bonds. The molecule has 0 fully saturated rings. The van der Waals surface area contributed by atoms with Crippen molar-refractivity contribution in [3.05, 3.63) is 54.1 Å². The van der Waals surface area contributed by atoms with E-state index < -0.39 is 0 Å². The second-order valence-corrected chi connectivity index (χ2v) is 6.37. The maximum atomic E-state index is 10.2. The summed E-state index contributed by atoms with van der Waals surface area (Å²) < 4.78 is 4.70. The standard InChI is InChI=1S/C19H14N8O2/c1-10-6-8-11(9-7-10)20-15-16(23-18-17(22-15)26-29-27-18)25-24-14-12-4-2-3-5-13(12)21-19(14)28/h2-9,21,28H,1H3,(H,20,22,26). The highest BCUT2D eigenvalue weighted by atomic mass is 16.6. The molecule has 0 atom stereocenters. The number of hydrogen-bond acceptors (Lipinski definition) is 9. The summed E-state index contributed by atoms with van der Waals surface area (Å²) in [4.78, 5) is 11.5. The topological polar surface area (TPSA) is 137 Å². The highest BCUT2D eigenvalue weighted by molar-refractivity contribution is 5.94. The molecule has 0 saturated heterocycles. The minimum atomic E-state index is -0.0832. The third kappa shape index (κ3) is 3.12. The molecule has 2 aromatic carbocycles. The van der Waals surface area contributed by atoms with Gasteiger partial charge < -0.3 is 15.4 Å². The number of H-pyrrole nitrogens is 1. The average Bonchev–Trinajstić information content (AvgIpc) is 3.30. The largest absolute Gasteiger partial charge is 0.493 e. The molecule has 0 aliphatic heterocycles. The van der Waals surface area contributed by atoms with Gasteiger partial charge in [-0.25, -0.2) is 9.61 Å². The summed E-state index contributed by atoms with van der Waals surface area (Å²) in [6.45, 7) is 2.00. The molecular formula is C19H14N8O2. The molecule has 10 heteroatoms. The number of nitrogens with one attached hydrogen (secondary N) is 2.